The van der Waals surface area contributed by atoms with Crippen molar-refractivity contribution in [3.05, 3.63) is 18.0 Å². The molecule has 1 atom stereocenters. The van der Waals surface area contributed by atoms with Crippen molar-refractivity contribution in [3.8, 4) is 0 Å². The standard InChI is InChI=1S/C13H25N3/c1-4-5-6-7-12(2)14-10-8-13-9-11-16(3)15-13/h9,11-12,14H,4-8,10H2,1-3H3. The average molecular weight is 223 g/mol. The molecule has 0 fully saturated rings. The molecule has 0 spiro atoms. The lowest BCUT2D eigenvalue weighted by molar-refractivity contribution is 0.489. The Hall–Kier alpha value is -0.830. The fourth-order valence-electron chi connectivity index (χ4n) is 1.85. The van der Waals surface area contributed by atoms with Gasteiger partial charge >= 0.3 is 0 Å². The maximum Gasteiger partial charge on any atom is 0.0637 e. The zero-order valence-electron chi connectivity index (χ0n) is 10.9. The van der Waals surface area contributed by atoms with Gasteiger partial charge in [0.05, 0.1) is 5.69 Å². The van der Waals surface area contributed by atoms with Crippen LogP contribution in [0.2, 0.25) is 0 Å². The molecule has 0 aliphatic heterocycles. The average Bonchev–Trinajstić information content (AvgIpc) is 2.65. The van der Waals surface area contributed by atoms with E-state index in [0.29, 0.717) is 6.04 Å². The highest BCUT2D eigenvalue weighted by Gasteiger charge is 2.01. The first-order valence-corrected chi connectivity index (χ1v) is 6.44. The van der Waals surface area contributed by atoms with Crippen molar-refractivity contribution >= 4 is 0 Å². The van der Waals surface area contributed by atoms with Crippen molar-refractivity contribution in [2.45, 2.75) is 52.0 Å². The van der Waals surface area contributed by atoms with Crippen molar-refractivity contribution in [1.29, 1.82) is 0 Å². The third-order valence-electron chi connectivity index (χ3n) is 2.88. The van der Waals surface area contributed by atoms with Crippen LogP contribution < -0.4 is 5.32 Å². The predicted molar refractivity (Wildman–Crippen MR) is 68.5 cm³/mol. The van der Waals surface area contributed by atoms with Crippen LogP contribution >= 0.6 is 0 Å². The first kappa shape index (κ1) is 13.2. The minimum Gasteiger partial charge on any atom is -0.314 e. The number of unbranched alkanes of at least 4 members (excludes halogenated alkanes) is 2. The van der Waals surface area contributed by atoms with Gasteiger partial charge < -0.3 is 5.32 Å². The van der Waals surface area contributed by atoms with Crippen molar-refractivity contribution < 1.29 is 0 Å². The number of aromatic nitrogens is 2. The van der Waals surface area contributed by atoms with E-state index in [-0.39, 0.29) is 0 Å². The second-order valence-corrected chi connectivity index (χ2v) is 4.58. The molecule has 1 heterocycles. The van der Waals surface area contributed by atoms with E-state index in [0.717, 1.165) is 13.0 Å². The first-order valence-electron chi connectivity index (χ1n) is 6.44. The number of nitrogens with one attached hydrogen (secondary N) is 1. The van der Waals surface area contributed by atoms with Crippen molar-refractivity contribution in [2.75, 3.05) is 6.54 Å². The molecule has 92 valence electrons. The Morgan fingerprint density at radius 2 is 2.25 bits per heavy atom. The van der Waals surface area contributed by atoms with Gasteiger partial charge in [-0.25, -0.2) is 0 Å². The third kappa shape index (κ3) is 5.31. The zero-order valence-corrected chi connectivity index (χ0v) is 10.9. The van der Waals surface area contributed by atoms with E-state index < -0.39 is 0 Å². The van der Waals surface area contributed by atoms with Gasteiger partial charge in [0.1, 0.15) is 0 Å². The van der Waals surface area contributed by atoms with Crippen LogP contribution in [-0.2, 0) is 13.5 Å². The van der Waals surface area contributed by atoms with Gasteiger partial charge in [-0.05, 0) is 19.4 Å². The molecule has 0 aromatic carbocycles. The highest BCUT2D eigenvalue weighted by Crippen LogP contribution is 2.03. The lowest BCUT2D eigenvalue weighted by atomic mass is 10.1. The molecule has 0 radical (unpaired) electrons. The summed E-state index contributed by atoms with van der Waals surface area (Å²) in [6, 6.07) is 2.72. The summed E-state index contributed by atoms with van der Waals surface area (Å²) in [4.78, 5) is 0. The molecule has 1 N–H and O–H groups in total. The largest absolute Gasteiger partial charge is 0.314 e. The Bertz CT molecular complexity index is 280. The fraction of sp³-hybridized carbons (Fsp3) is 0.769. The van der Waals surface area contributed by atoms with Crippen LogP contribution in [0.25, 0.3) is 0 Å². The second-order valence-electron chi connectivity index (χ2n) is 4.58. The Morgan fingerprint density at radius 1 is 1.44 bits per heavy atom. The van der Waals surface area contributed by atoms with E-state index in [4.69, 9.17) is 0 Å². The molecule has 0 saturated carbocycles. The van der Waals surface area contributed by atoms with Gasteiger partial charge in [-0.1, -0.05) is 26.2 Å². The maximum atomic E-state index is 4.36. The topological polar surface area (TPSA) is 29.9 Å². The molecule has 0 amide bonds. The quantitative estimate of drug-likeness (QED) is 0.686. The van der Waals surface area contributed by atoms with Gasteiger partial charge in [0.15, 0.2) is 0 Å². The summed E-state index contributed by atoms with van der Waals surface area (Å²) in [6.07, 6.45) is 8.32. The van der Waals surface area contributed by atoms with E-state index in [1.54, 1.807) is 0 Å². The highest BCUT2D eigenvalue weighted by atomic mass is 15.2. The van der Waals surface area contributed by atoms with Crippen LogP contribution in [0.5, 0.6) is 0 Å². The predicted octanol–water partition coefficient (Wildman–Crippen LogP) is 2.52. The molecule has 1 rings (SSSR count). The summed E-state index contributed by atoms with van der Waals surface area (Å²) in [5.74, 6) is 0. The van der Waals surface area contributed by atoms with Crippen LogP contribution in [-0.4, -0.2) is 22.4 Å². The van der Waals surface area contributed by atoms with E-state index in [1.165, 1.54) is 31.4 Å². The van der Waals surface area contributed by atoms with Crippen molar-refractivity contribution in [2.24, 2.45) is 7.05 Å². The van der Waals surface area contributed by atoms with E-state index in [2.05, 4.69) is 30.3 Å². The monoisotopic (exact) mass is 223 g/mol. The Labute approximate surface area is 99.2 Å². The molecule has 0 bridgehead atoms. The van der Waals surface area contributed by atoms with Crippen LogP contribution in [0.1, 0.15) is 45.2 Å². The van der Waals surface area contributed by atoms with Crippen LogP contribution in [0.3, 0.4) is 0 Å². The van der Waals surface area contributed by atoms with Gasteiger partial charge in [-0.3, -0.25) is 4.68 Å². The summed E-state index contributed by atoms with van der Waals surface area (Å²) in [5.41, 5.74) is 1.18. The van der Waals surface area contributed by atoms with Crippen LogP contribution in [0.15, 0.2) is 12.3 Å². The molecule has 1 aromatic heterocycles. The molecular formula is C13H25N3. The smallest absolute Gasteiger partial charge is 0.0637 e. The number of rotatable bonds is 8. The van der Waals surface area contributed by atoms with Gasteiger partial charge in [-0.2, -0.15) is 5.10 Å². The Kier molecular flexibility index (Phi) is 6.16. The lowest BCUT2D eigenvalue weighted by Gasteiger charge is -2.12. The summed E-state index contributed by atoms with van der Waals surface area (Å²) in [5, 5.41) is 7.91. The number of aryl methyl sites for hydroxylation is 1. The van der Waals surface area contributed by atoms with Crippen LogP contribution in [0, 0.1) is 0 Å². The van der Waals surface area contributed by atoms with Crippen molar-refractivity contribution in [1.82, 2.24) is 15.1 Å². The molecule has 1 aromatic rings. The Morgan fingerprint density at radius 3 is 2.88 bits per heavy atom. The molecular weight excluding hydrogens is 198 g/mol. The minimum absolute atomic E-state index is 0.635. The molecule has 0 aliphatic carbocycles. The summed E-state index contributed by atoms with van der Waals surface area (Å²) >= 11 is 0. The fourth-order valence-corrected chi connectivity index (χ4v) is 1.85. The Balaban J connectivity index is 2.06. The highest BCUT2D eigenvalue weighted by molar-refractivity contribution is 4.98. The lowest BCUT2D eigenvalue weighted by Crippen LogP contribution is -2.28. The number of hydrogen-bond donors (Lipinski definition) is 1. The third-order valence-corrected chi connectivity index (χ3v) is 2.88. The first-order chi connectivity index (χ1) is 7.72. The van der Waals surface area contributed by atoms with Gasteiger partial charge in [-0.15, -0.1) is 0 Å². The van der Waals surface area contributed by atoms with Gasteiger partial charge in [0.2, 0.25) is 0 Å². The summed E-state index contributed by atoms with van der Waals surface area (Å²) < 4.78 is 1.86. The van der Waals surface area contributed by atoms with Gasteiger partial charge in [0.25, 0.3) is 0 Å². The maximum absolute atomic E-state index is 4.36. The second kappa shape index (κ2) is 7.44. The molecule has 16 heavy (non-hydrogen) atoms. The number of nitrogens with zero attached hydrogens (tertiary/aromatic N) is 2. The minimum atomic E-state index is 0.635. The van der Waals surface area contributed by atoms with Gasteiger partial charge in [0, 0.05) is 32.3 Å². The van der Waals surface area contributed by atoms with Crippen molar-refractivity contribution in [3.63, 3.8) is 0 Å². The SMILES string of the molecule is CCCCCC(C)NCCc1ccn(C)n1. The van der Waals surface area contributed by atoms with E-state index in [1.807, 2.05) is 17.9 Å². The molecule has 1 unspecified atom stereocenters. The van der Waals surface area contributed by atoms with Crippen LogP contribution in [0.4, 0.5) is 0 Å². The number of hydrogen-bond acceptors (Lipinski definition) is 2. The molecule has 3 nitrogen and oxygen atoms in total. The summed E-state index contributed by atoms with van der Waals surface area (Å²) in [6.45, 7) is 5.55. The normalized spacial score (nSPS) is 12.9. The molecule has 0 saturated heterocycles. The molecule has 3 heteroatoms. The van der Waals surface area contributed by atoms with E-state index in [9.17, 15) is 0 Å². The zero-order chi connectivity index (χ0) is 11.8. The van der Waals surface area contributed by atoms with E-state index >= 15 is 0 Å². The summed E-state index contributed by atoms with van der Waals surface area (Å²) in [7, 11) is 1.96. The molecule has 0 aliphatic rings.